The zero-order valence-electron chi connectivity index (χ0n) is 17.5. The van der Waals surface area contributed by atoms with Crippen molar-refractivity contribution in [3.8, 4) is 0 Å². The Balaban J connectivity index is 1.48. The molecule has 0 bridgehead atoms. The molecule has 1 aliphatic carbocycles. The van der Waals surface area contributed by atoms with Gasteiger partial charge in [-0.3, -0.25) is 14.7 Å². The van der Waals surface area contributed by atoms with Crippen LogP contribution >= 0.6 is 11.6 Å². The van der Waals surface area contributed by atoms with Crippen molar-refractivity contribution in [3.05, 3.63) is 57.6 Å². The molecule has 0 radical (unpaired) electrons. The van der Waals surface area contributed by atoms with Gasteiger partial charge in [-0.25, -0.2) is 13.6 Å². The van der Waals surface area contributed by atoms with Gasteiger partial charge in [-0.05, 0) is 23.8 Å². The number of morpholine rings is 1. The Morgan fingerprint density at radius 2 is 2.00 bits per heavy atom. The van der Waals surface area contributed by atoms with Gasteiger partial charge in [0.05, 0.1) is 36.5 Å². The monoisotopic (exact) mass is 479 g/mol. The fourth-order valence-electron chi connectivity index (χ4n) is 4.07. The molecule has 0 aromatic heterocycles. The van der Waals surface area contributed by atoms with Gasteiger partial charge in [0.15, 0.2) is 0 Å². The van der Waals surface area contributed by atoms with Gasteiger partial charge in [-0.15, -0.1) is 0 Å². The molecule has 1 aromatic rings. The number of fused-ring (bicyclic) bond motifs is 1. The number of primary sulfonamides is 1. The molecule has 2 heterocycles. The maximum atomic E-state index is 12.6. The zero-order chi connectivity index (χ0) is 22.7. The fourth-order valence-corrected chi connectivity index (χ4v) is 5.14. The Labute approximate surface area is 192 Å². The predicted molar refractivity (Wildman–Crippen MR) is 122 cm³/mol. The number of rotatable bonds is 7. The molecule has 3 N–H and O–H groups in total. The maximum Gasteiger partial charge on any atom is 0.235 e. The van der Waals surface area contributed by atoms with Gasteiger partial charge in [-0.1, -0.05) is 29.8 Å². The minimum absolute atomic E-state index is 0.0377. The lowest BCUT2D eigenvalue weighted by Gasteiger charge is -2.32. The number of hydrazone groups is 1. The molecule has 0 saturated carbocycles. The van der Waals surface area contributed by atoms with E-state index in [4.69, 9.17) is 21.5 Å². The second-order valence-electron chi connectivity index (χ2n) is 7.93. The summed E-state index contributed by atoms with van der Waals surface area (Å²) in [7, 11) is -3.97. The van der Waals surface area contributed by atoms with Crippen molar-refractivity contribution in [3.63, 3.8) is 0 Å². The third kappa shape index (κ3) is 5.38. The third-order valence-corrected chi connectivity index (χ3v) is 7.15. The number of carbonyl (C=O) groups excluding carboxylic acids is 1. The summed E-state index contributed by atoms with van der Waals surface area (Å²) in [5.41, 5.74) is 1.07. The summed E-state index contributed by atoms with van der Waals surface area (Å²) in [6, 6.07) is 6.75. The van der Waals surface area contributed by atoms with Gasteiger partial charge < -0.3 is 10.1 Å². The first-order valence-corrected chi connectivity index (χ1v) is 12.3. The average Bonchev–Trinajstić information content (AvgIpc) is 3.16. The Hall–Kier alpha value is -2.24. The molecule has 2 unspecified atom stereocenters. The van der Waals surface area contributed by atoms with E-state index in [9.17, 15) is 13.2 Å². The molecule has 3 aliphatic rings. The number of ether oxygens (including phenoxy) is 1. The van der Waals surface area contributed by atoms with E-state index in [1.165, 1.54) is 6.08 Å². The van der Waals surface area contributed by atoms with Gasteiger partial charge >= 0.3 is 0 Å². The molecule has 2 atom stereocenters. The highest BCUT2D eigenvalue weighted by Gasteiger charge is 2.39. The number of nitrogens with two attached hydrogens (primary N) is 1. The maximum absolute atomic E-state index is 12.6. The van der Waals surface area contributed by atoms with Crippen LogP contribution in [0.4, 0.5) is 0 Å². The lowest BCUT2D eigenvalue weighted by atomic mass is 9.95. The first-order chi connectivity index (χ1) is 15.3. The van der Waals surface area contributed by atoms with E-state index < -0.39 is 15.9 Å². The molecule has 4 rings (SSSR count). The van der Waals surface area contributed by atoms with Crippen LogP contribution in [-0.4, -0.2) is 75.9 Å². The van der Waals surface area contributed by atoms with E-state index in [-0.39, 0.29) is 23.3 Å². The Kier molecular flexibility index (Phi) is 6.96. The van der Waals surface area contributed by atoms with Crippen LogP contribution in [0, 0.1) is 5.92 Å². The van der Waals surface area contributed by atoms with E-state index in [1.54, 1.807) is 30.5 Å². The van der Waals surface area contributed by atoms with Crippen LogP contribution < -0.4 is 10.5 Å². The highest BCUT2D eigenvalue weighted by Crippen LogP contribution is 2.32. The first-order valence-electron chi connectivity index (χ1n) is 10.4. The van der Waals surface area contributed by atoms with Crippen LogP contribution in [0.5, 0.6) is 0 Å². The fraction of sp³-hybridized carbons (Fsp3) is 0.429. The summed E-state index contributed by atoms with van der Waals surface area (Å²) in [6.07, 6.45) is 4.93. The van der Waals surface area contributed by atoms with Crippen LogP contribution in [0.2, 0.25) is 5.02 Å². The Morgan fingerprint density at radius 3 is 2.72 bits per heavy atom. The SMILES string of the molecule is NS(=O)(=O)C1=CC(NC(=O)Cc2ccccc2Cl)=CC2C1C=NN2CCN1CCOCC1. The highest BCUT2D eigenvalue weighted by atomic mass is 35.5. The van der Waals surface area contributed by atoms with Crippen molar-refractivity contribution in [1.82, 2.24) is 15.2 Å². The molecule has 32 heavy (non-hydrogen) atoms. The summed E-state index contributed by atoms with van der Waals surface area (Å²) in [5.74, 6) is -0.787. The number of nitrogens with one attached hydrogen (secondary N) is 1. The molecule has 9 nitrogen and oxygen atoms in total. The van der Waals surface area contributed by atoms with Crippen molar-refractivity contribution in [2.45, 2.75) is 12.5 Å². The molecule has 172 valence electrons. The van der Waals surface area contributed by atoms with Crippen molar-refractivity contribution in [2.75, 3.05) is 39.4 Å². The number of sulfonamides is 1. The molecule has 1 aromatic carbocycles. The number of nitrogens with zero attached hydrogens (tertiary/aromatic N) is 3. The Morgan fingerprint density at radius 1 is 1.25 bits per heavy atom. The van der Waals surface area contributed by atoms with E-state index in [0.29, 0.717) is 36.0 Å². The molecular weight excluding hydrogens is 454 g/mol. The zero-order valence-corrected chi connectivity index (χ0v) is 19.1. The number of allylic oxidation sites excluding steroid dienone is 1. The van der Waals surface area contributed by atoms with Crippen LogP contribution in [0.3, 0.4) is 0 Å². The predicted octanol–water partition coefficient (Wildman–Crippen LogP) is 0.687. The first kappa shape index (κ1) is 22.9. The number of carbonyl (C=O) groups is 1. The minimum Gasteiger partial charge on any atom is -0.379 e. The second kappa shape index (κ2) is 9.72. The van der Waals surface area contributed by atoms with E-state index in [0.717, 1.165) is 19.6 Å². The quantitative estimate of drug-likeness (QED) is 0.594. The molecule has 1 fully saturated rings. The Bertz CT molecular complexity index is 1070. The van der Waals surface area contributed by atoms with Crippen molar-refractivity contribution >= 4 is 33.7 Å². The van der Waals surface area contributed by atoms with Gasteiger partial charge in [0.25, 0.3) is 0 Å². The van der Waals surface area contributed by atoms with E-state index >= 15 is 0 Å². The van der Waals surface area contributed by atoms with Crippen LogP contribution in [0.15, 0.2) is 52.1 Å². The lowest BCUT2D eigenvalue weighted by Crippen LogP contribution is -2.44. The number of benzene rings is 1. The molecule has 2 aliphatic heterocycles. The number of hydrogen-bond acceptors (Lipinski definition) is 7. The van der Waals surface area contributed by atoms with Crippen molar-refractivity contribution < 1.29 is 17.9 Å². The van der Waals surface area contributed by atoms with Gasteiger partial charge in [-0.2, -0.15) is 5.10 Å². The smallest absolute Gasteiger partial charge is 0.235 e. The molecule has 1 amide bonds. The largest absolute Gasteiger partial charge is 0.379 e. The summed E-state index contributed by atoms with van der Waals surface area (Å²) in [4.78, 5) is 14.9. The van der Waals surface area contributed by atoms with Crippen molar-refractivity contribution in [1.29, 1.82) is 0 Å². The number of halogens is 1. The summed E-state index contributed by atoms with van der Waals surface area (Å²) in [6.45, 7) is 4.51. The molecule has 0 spiro atoms. The summed E-state index contributed by atoms with van der Waals surface area (Å²) < 4.78 is 29.9. The normalized spacial score (nSPS) is 23.5. The second-order valence-corrected chi connectivity index (χ2v) is 9.90. The molecular formula is C21H26ClN5O4S. The topological polar surface area (TPSA) is 117 Å². The van der Waals surface area contributed by atoms with Gasteiger partial charge in [0, 0.05) is 43.1 Å². The number of hydrogen-bond donors (Lipinski definition) is 2. The highest BCUT2D eigenvalue weighted by molar-refractivity contribution is 7.93. The average molecular weight is 480 g/mol. The number of amides is 1. The van der Waals surface area contributed by atoms with Gasteiger partial charge in [0.1, 0.15) is 0 Å². The summed E-state index contributed by atoms with van der Waals surface area (Å²) in [5, 5.41) is 15.1. The van der Waals surface area contributed by atoms with Crippen LogP contribution in [-0.2, 0) is 26.0 Å². The lowest BCUT2D eigenvalue weighted by molar-refractivity contribution is -0.119. The molecule has 11 heteroatoms. The standard InChI is InChI=1S/C21H26ClN5O4S/c22-18-4-2-1-3-15(18)11-21(28)25-16-12-19-17(20(13-16)32(23,29)30)14-24-27(19)6-5-26-7-9-31-10-8-26/h1-4,12-14,17,19H,5-11H2,(H,25,28)(H2,23,29,30). The third-order valence-electron chi connectivity index (χ3n) is 5.73. The molecule has 1 saturated heterocycles. The van der Waals surface area contributed by atoms with Crippen LogP contribution in [0.1, 0.15) is 5.56 Å². The van der Waals surface area contributed by atoms with E-state index in [1.807, 2.05) is 11.1 Å². The van der Waals surface area contributed by atoms with E-state index in [2.05, 4.69) is 15.3 Å². The summed E-state index contributed by atoms with van der Waals surface area (Å²) >= 11 is 6.15. The minimum atomic E-state index is -3.97. The van der Waals surface area contributed by atoms with Crippen molar-refractivity contribution in [2.24, 2.45) is 16.2 Å². The van der Waals surface area contributed by atoms with Crippen LogP contribution in [0.25, 0.3) is 0 Å². The van der Waals surface area contributed by atoms with Gasteiger partial charge in [0.2, 0.25) is 15.9 Å².